The van der Waals surface area contributed by atoms with Gasteiger partial charge in [-0.3, -0.25) is 14.3 Å². The lowest BCUT2D eigenvalue weighted by molar-refractivity contribution is -0.130. The molecular formula is C25H30N6O3S. The fraction of sp³-hybridized carbons (Fsp3) is 0.440. The van der Waals surface area contributed by atoms with Crippen molar-refractivity contribution in [1.29, 1.82) is 5.26 Å². The van der Waals surface area contributed by atoms with Gasteiger partial charge in [0.25, 0.3) is 0 Å². The zero-order chi connectivity index (χ0) is 24.8. The number of benzene rings is 1. The summed E-state index contributed by atoms with van der Waals surface area (Å²) in [5.41, 5.74) is 0.931. The number of ether oxygens (including phenoxy) is 1. The van der Waals surface area contributed by atoms with Crippen LogP contribution in [0.15, 0.2) is 52.2 Å². The molecule has 1 saturated heterocycles. The number of piperazine rings is 1. The molecule has 4 rings (SSSR count). The highest BCUT2D eigenvalue weighted by atomic mass is 32.2. The number of carbonyl (C=O) groups excluding carboxylic acids is 1. The van der Waals surface area contributed by atoms with Crippen molar-refractivity contribution in [3.8, 4) is 11.8 Å². The molecule has 1 aliphatic rings. The predicted molar refractivity (Wildman–Crippen MR) is 132 cm³/mol. The Kier molecular flexibility index (Phi) is 8.10. The summed E-state index contributed by atoms with van der Waals surface area (Å²) in [6.45, 7) is 7.14. The van der Waals surface area contributed by atoms with Crippen LogP contribution in [-0.4, -0.2) is 69.5 Å². The van der Waals surface area contributed by atoms with Crippen LogP contribution in [0.5, 0.6) is 5.75 Å². The van der Waals surface area contributed by atoms with E-state index in [1.165, 1.54) is 11.8 Å². The average molecular weight is 495 g/mol. The number of amides is 1. The maximum Gasteiger partial charge on any atom is 0.233 e. The van der Waals surface area contributed by atoms with E-state index in [0.717, 1.165) is 22.9 Å². The number of methoxy groups -OCH3 is 1. The smallest absolute Gasteiger partial charge is 0.233 e. The Morgan fingerprint density at radius 2 is 1.91 bits per heavy atom. The van der Waals surface area contributed by atoms with Crippen molar-refractivity contribution in [2.75, 3.05) is 39.0 Å². The number of nitriles is 1. The third-order valence-corrected chi connectivity index (χ3v) is 7.02. The molecular weight excluding hydrogens is 464 g/mol. The fourth-order valence-electron chi connectivity index (χ4n) is 4.14. The lowest BCUT2D eigenvalue weighted by Gasteiger charge is -2.37. The molecule has 0 unspecified atom stereocenters. The highest BCUT2D eigenvalue weighted by Gasteiger charge is 2.27. The molecule has 35 heavy (non-hydrogen) atoms. The Balaban J connectivity index is 1.33. The second-order valence-electron chi connectivity index (χ2n) is 8.67. The van der Waals surface area contributed by atoms with Gasteiger partial charge in [-0.1, -0.05) is 37.7 Å². The number of carbonyl (C=O) groups is 1. The predicted octanol–water partition coefficient (Wildman–Crippen LogP) is 3.55. The Labute approximate surface area is 209 Å². The highest BCUT2D eigenvalue weighted by Crippen LogP contribution is 2.26. The van der Waals surface area contributed by atoms with E-state index in [1.54, 1.807) is 13.4 Å². The van der Waals surface area contributed by atoms with Gasteiger partial charge in [0, 0.05) is 32.1 Å². The average Bonchev–Trinajstić information content (AvgIpc) is 3.54. The van der Waals surface area contributed by atoms with Gasteiger partial charge in [-0.05, 0) is 29.8 Å². The second kappa shape index (κ2) is 11.4. The molecule has 184 valence electrons. The lowest BCUT2D eigenvalue weighted by atomic mass is 10.1. The topological polar surface area (TPSA) is 100 Å². The Morgan fingerprint density at radius 3 is 2.51 bits per heavy atom. The minimum atomic E-state index is -0.345. The van der Waals surface area contributed by atoms with Crippen LogP contribution >= 0.6 is 11.8 Å². The molecule has 9 nitrogen and oxygen atoms in total. The Hall–Kier alpha value is -3.29. The number of furan rings is 1. The first-order valence-electron chi connectivity index (χ1n) is 11.6. The molecule has 1 aliphatic heterocycles. The summed E-state index contributed by atoms with van der Waals surface area (Å²) in [7, 11) is 1.62. The van der Waals surface area contributed by atoms with Crippen LogP contribution in [0.1, 0.15) is 43.0 Å². The van der Waals surface area contributed by atoms with Crippen molar-refractivity contribution in [3.05, 3.63) is 59.8 Å². The monoisotopic (exact) mass is 494 g/mol. The maximum atomic E-state index is 13.0. The van der Waals surface area contributed by atoms with Crippen LogP contribution in [0.4, 0.5) is 0 Å². The quantitative estimate of drug-likeness (QED) is 0.416. The SMILES string of the molecule is COc1ccc([C@@H](C#N)N2CCN(C(=O)CSc3nnc(C(C)C)n3Cc3ccco3)CC2)cc1. The standard InChI is InChI=1S/C25H30N6O3S/c1-18(2)24-27-28-25(31(24)16-21-5-4-14-34-21)35-17-23(32)30-12-10-29(11-13-30)22(15-26)19-6-8-20(33-3)9-7-19/h4-9,14,18,22H,10-13,16-17H2,1-3H3/t22-/m1/s1. The summed E-state index contributed by atoms with van der Waals surface area (Å²) in [6, 6.07) is 13.4. The summed E-state index contributed by atoms with van der Waals surface area (Å²) < 4.78 is 12.7. The van der Waals surface area contributed by atoms with Crippen molar-refractivity contribution in [2.24, 2.45) is 0 Å². The summed E-state index contributed by atoms with van der Waals surface area (Å²) >= 11 is 1.40. The van der Waals surface area contributed by atoms with Crippen molar-refractivity contribution in [3.63, 3.8) is 0 Å². The van der Waals surface area contributed by atoms with Crippen LogP contribution < -0.4 is 4.74 Å². The molecule has 1 aromatic carbocycles. The number of hydrogen-bond donors (Lipinski definition) is 0. The molecule has 0 radical (unpaired) electrons. The third kappa shape index (κ3) is 5.86. The van der Waals surface area contributed by atoms with Gasteiger partial charge in [0.15, 0.2) is 5.16 Å². The van der Waals surface area contributed by atoms with Crippen LogP contribution in [-0.2, 0) is 11.3 Å². The minimum absolute atomic E-state index is 0.0613. The van der Waals surface area contributed by atoms with Gasteiger partial charge < -0.3 is 14.1 Å². The van der Waals surface area contributed by atoms with Gasteiger partial charge in [-0.2, -0.15) is 5.26 Å². The summed E-state index contributed by atoms with van der Waals surface area (Å²) in [5, 5.41) is 19.2. The molecule has 3 aromatic rings. The first-order valence-corrected chi connectivity index (χ1v) is 12.6. The molecule has 0 bridgehead atoms. The fourth-order valence-corrected chi connectivity index (χ4v) is 4.99. The van der Waals surface area contributed by atoms with Gasteiger partial charge >= 0.3 is 0 Å². The van der Waals surface area contributed by atoms with Crippen LogP contribution in [0.25, 0.3) is 0 Å². The van der Waals surface area contributed by atoms with Crippen LogP contribution in [0, 0.1) is 11.3 Å². The van der Waals surface area contributed by atoms with E-state index in [4.69, 9.17) is 9.15 Å². The Bertz CT molecular complexity index is 1150. The molecule has 0 N–H and O–H groups in total. The van der Waals surface area contributed by atoms with Crippen LogP contribution in [0.3, 0.4) is 0 Å². The van der Waals surface area contributed by atoms with E-state index in [1.807, 2.05) is 45.9 Å². The first-order chi connectivity index (χ1) is 17.0. The van der Waals surface area contributed by atoms with Crippen LogP contribution in [0.2, 0.25) is 0 Å². The summed E-state index contributed by atoms with van der Waals surface area (Å²) in [5.74, 6) is 3.00. The molecule has 1 amide bonds. The van der Waals surface area contributed by atoms with E-state index in [-0.39, 0.29) is 23.6 Å². The van der Waals surface area contributed by atoms with E-state index in [2.05, 4.69) is 35.0 Å². The van der Waals surface area contributed by atoms with E-state index in [0.29, 0.717) is 37.9 Å². The largest absolute Gasteiger partial charge is 0.497 e. The molecule has 1 fully saturated rings. The van der Waals surface area contributed by atoms with Gasteiger partial charge in [0.1, 0.15) is 23.4 Å². The van der Waals surface area contributed by atoms with Gasteiger partial charge in [-0.15, -0.1) is 10.2 Å². The number of aromatic nitrogens is 3. The van der Waals surface area contributed by atoms with Gasteiger partial charge in [-0.25, -0.2) is 0 Å². The third-order valence-electron chi connectivity index (χ3n) is 6.07. The van der Waals surface area contributed by atoms with E-state index < -0.39 is 0 Å². The molecule has 10 heteroatoms. The van der Waals surface area contributed by atoms with E-state index in [9.17, 15) is 10.1 Å². The van der Waals surface area contributed by atoms with Crippen molar-refractivity contribution >= 4 is 17.7 Å². The summed E-state index contributed by atoms with van der Waals surface area (Å²) in [4.78, 5) is 16.9. The number of thioether (sulfide) groups is 1. The Morgan fingerprint density at radius 1 is 1.17 bits per heavy atom. The van der Waals surface area contributed by atoms with Gasteiger partial charge in [0.2, 0.25) is 5.91 Å². The highest BCUT2D eigenvalue weighted by molar-refractivity contribution is 7.99. The van der Waals surface area contributed by atoms with E-state index >= 15 is 0 Å². The lowest BCUT2D eigenvalue weighted by Crippen LogP contribution is -2.50. The maximum absolute atomic E-state index is 13.0. The van der Waals surface area contributed by atoms with Gasteiger partial charge in [0.05, 0.1) is 31.7 Å². The number of nitrogens with zero attached hydrogens (tertiary/aromatic N) is 6. The van der Waals surface area contributed by atoms with Crippen molar-refractivity contribution in [2.45, 2.75) is 37.5 Å². The molecule has 0 saturated carbocycles. The molecule has 0 aliphatic carbocycles. The molecule has 2 aromatic heterocycles. The zero-order valence-electron chi connectivity index (χ0n) is 20.3. The zero-order valence-corrected chi connectivity index (χ0v) is 21.1. The number of rotatable bonds is 9. The normalized spacial score (nSPS) is 15.2. The first kappa shape index (κ1) is 24.8. The molecule has 1 atom stereocenters. The second-order valence-corrected chi connectivity index (χ2v) is 9.61. The molecule has 3 heterocycles. The van der Waals surface area contributed by atoms with Crippen molar-refractivity contribution in [1.82, 2.24) is 24.6 Å². The molecule has 0 spiro atoms. The number of hydrogen-bond acceptors (Lipinski definition) is 8. The summed E-state index contributed by atoms with van der Waals surface area (Å²) in [6.07, 6.45) is 1.65. The minimum Gasteiger partial charge on any atom is -0.497 e. The van der Waals surface area contributed by atoms with Crippen molar-refractivity contribution < 1.29 is 13.9 Å².